The molecule has 1 aliphatic rings. The van der Waals surface area contributed by atoms with Gasteiger partial charge >= 0.3 is 0 Å². The van der Waals surface area contributed by atoms with E-state index in [-0.39, 0.29) is 12.3 Å². The van der Waals surface area contributed by atoms with Gasteiger partial charge in [0, 0.05) is 13.0 Å². The summed E-state index contributed by atoms with van der Waals surface area (Å²) in [5, 5.41) is 0.379. The Labute approximate surface area is 104 Å². The molecule has 5 nitrogen and oxygen atoms in total. The minimum atomic E-state index is -0.444. The molecule has 2 rings (SSSR count). The molecule has 6 heteroatoms. The van der Waals surface area contributed by atoms with Crippen molar-refractivity contribution in [2.45, 2.75) is 13.3 Å². The normalized spacial score (nSPS) is 19.8. The Morgan fingerprint density at radius 1 is 1.65 bits per heavy atom. The van der Waals surface area contributed by atoms with E-state index in [1.165, 1.54) is 4.90 Å². The zero-order valence-corrected chi connectivity index (χ0v) is 10.1. The van der Waals surface area contributed by atoms with Gasteiger partial charge in [0.1, 0.15) is 5.15 Å². The number of pyridine rings is 1. The maximum atomic E-state index is 11.8. The Hall–Kier alpha value is -1.62. The number of aromatic nitrogens is 1. The number of anilines is 1. The summed E-state index contributed by atoms with van der Waals surface area (Å²) in [6.45, 7) is 2.16. The fourth-order valence-electron chi connectivity index (χ4n) is 1.93. The van der Waals surface area contributed by atoms with Crippen molar-refractivity contribution in [1.82, 2.24) is 4.98 Å². The molecule has 0 bridgehead atoms. The summed E-state index contributed by atoms with van der Waals surface area (Å²) in [6, 6.07) is 1.68. The lowest BCUT2D eigenvalue weighted by Crippen LogP contribution is -2.28. The Balaban J connectivity index is 2.29. The number of hydrogen-bond acceptors (Lipinski definition) is 3. The average Bonchev–Trinajstić information content (AvgIpc) is 2.61. The monoisotopic (exact) mass is 253 g/mol. The van der Waals surface area contributed by atoms with E-state index < -0.39 is 11.8 Å². The number of nitrogens with two attached hydrogens (primary N) is 1. The van der Waals surface area contributed by atoms with Gasteiger partial charge in [-0.3, -0.25) is 9.59 Å². The third kappa shape index (κ3) is 2.24. The molecule has 1 aliphatic heterocycles. The molecule has 1 saturated heterocycles. The summed E-state index contributed by atoms with van der Waals surface area (Å²) in [5.74, 6) is -0.973. The number of primary amides is 1. The number of amides is 2. The van der Waals surface area contributed by atoms with E-state index in [4.69, 9.17) is 17.3 Å². The van der Waals surface area contributed by atoms with Crippen LogP contribution < -0.4 is 10.6 Å². The topological polar surface area (TPSA) is 76.3 Å². The molecule has 0 radical (unpaired) electrons. The van der Waals surface area contributed by atoms with E-state index in [0.717, 1.165) is 5.56 Å². The minimum Gasteiger partial charge on any atom is -0.369 e. The van der Waals surface area contributed by atoms with Gasteiger partial charge in [-0.05, 0) is 18.6 Å². The largest absolute Gasteiger partial charge is 0.369 e. The molecule has 1 unspecified atom stereocenters. The first-order valence-corrected chi connectivity index (χ1v) is 5.58. The van der Waals surface area contributed by atoms with Gasteiger partial charge in [0.15, 0.2) is 0 Å². The number of rotatable bonds is 2. The lowest BCUT2D eigenvalue weighted by atomic mass is 10.1. The van der Waals surface area contributed by atoms with Crippen molar-refractivity contribution in [3.05, 3.63) is 23.0 Å². The summed E-state index contributed by atoms with van der Waals surface area (Å²) >= 11 is 5.75. The minimum absolute atomic E-state index is 0.110. The first-order valence-electron chi connectivity index (χ1n) is 5.21. The predicted octanol–water partition coefficient (Wildman–Crippen LogP) is 0.882. The Morgan fingerprint density at radius 2 is 2.35 bits per heavy atom. The van der Waals surface area contributed by atoms with Gasteiger partial charge in [-0.2, -0.15) is 0 Å². The van der Waals surface area contributed by atoms with Crippen LogP contribution in [-0.2, 0) is 9.59 Å². The summed E-state index contributed by atoms with van der Waals surface area (Å²) in [7, 11) is 0. The van der Waals surface area contributed by atoms with E-state index in [1.54, 1.807) is 12.3 Å². The van der Waals surface area contributed by atoms with Crippen LogP contribution in [0, 0.1) is 12.8 Å². The number of aryl methyl sites for hydroxylation is 1. The van der Waals surface area contributed by atoms with Gasteiger partial charge < -0.3 is 10.6 Å². The quantitative estimate of drug-likeness (QED) is 0.795. The highest BCUT2D eigenvalue weighted by molar-refractivity contribution is 6.29. The summed E-state index contributed by atoms with van der Waals surface area (Å²) in [4.78, 5) is 28.3. The fraction of sp³-hybridized carbons (Fsp3) is 0.364. The third-order valence-electron chi connectivity index (χ3n) is 2.87. The lowest BCUT2D eigenvalue weighted by molar-refractivity contribution is -0.123. The van der Waals surface area contributed by atoms with Crippen molar-refractivity contribution in [1.29, 1.82) is 0 Å². The van der Waals surface area contributed by atoms with E-state index in [2.05, 4.69) is 4.98 Å². The van der Waals surface area contributed by atoms with Crippen molar-refractivity contribution < 1.29 is 9.59 Å². The molecule has 1 fully saturated rings. The van der Waals surface area contributed by atoms with Crippen molar-refractivity contribution in [3.8, 4) is 0 Å². The van der Waals surface area contributed by atoms with E-state index in [0.29, 0.717) is 17.4 Å². The highest BCUT2D eigenvalue weighted by Crippen LogP contribution is 2.28. The first-order chi connectivity index (χ1) is 7.99. The van der Waals surface area contributed by atoms with Crippen LogP contribution in [0.25, 0.3) is 0 Å². The first kappa shape index (κ1) is 11.9. The molecule has 0 saturated carbocycles. The second-order valence-electron chi connectivity index (χ2n) is 4.10. The van der Waals surface area contributed by atoms with E-state index in [9.17, 15) is 9.59 Å². The second-order valence-corrected chi connectivity index (χ2v) is 4.49. The summed E-state index contributed by atoms with van der Waals surface area (Å²) < 4.78 is 0. The Kier molecular flexibility index (Phi) is 3.02. The van der Waals surface area contributed by atoms with E-state index >= 15 is 0 Å². The van der Waals surface area contributed by atoms with Crippen LogP contribution in [0.3, 0.4) is 0 Å². The molecule has 0 aromatic carbocycles. The maximum Gasteiger partial charge on any atom is 0.227 e. The number of halogens is 1. The van der Waals surface area contributed by atoms with Crippen molar-refractivity contribution in [2.24, 2.45) is 11.7 Å². The molecule has 1 atom stereocenters. The fourth-order valence-corrected chi connectivity index (χ4v) is 2.14. The molecule has 2 amide bonds. The maximum absolute atomic E-state index is 11.8. The van der Waals surface area contributed by atoms with Gasteiger partial charge in [0.2, 0.25) is 11.8 Å². The third-order valence-corrected chi connectivity index (χ3v) is 3.07. The van der Waals surface area contributed by atoms with Gasteiger partial charge in [0.05, 0.1) is 17.8 Å². The summed E-state index contributed by atoms with van der Waals surface area (Å²) in [5.41, 5.74) is 6.74. The van der Waals surface area contributed by atoms with Crippen molar-refractivity contribution in [3.63, 3.8) is 0 Å². The van der Waals surface area contributed by atoms with E-state index in [1.807, 2.05) is 6.92 Å². The second kappa shape index (κ2) is 4.33. The van der Waals surface area contributed by atoms with Crippen LogP contribution in [0.2, 0.25) is 5.15 Å². The molecule has 2 N–H and O–H groups in total. The van der Waals surface area contributed by atoms with Crippen LogP contribution >= 0.6 is 11.6 Å². The van der Waals surface area contributed by atoms with Crippen molar-refractivity contribution in [2.75, 3.05) is 11.4 Å². The zero-order valence-electron chi connectivity index (χ0n) is 9.31. The molecule has 17 heavy (non-hydrogen) atoms. The molecular formula is C11H12ClN3O2. The Morgan fingerprint density at radius 3 is 2.88 bits per heavy atom. The lowest BCUT2D eigenvalue weighted by Gasteiger charge is -2.18. The smallest absolute Gasteiger partial charge is 0.227 e. The zero-order chi connectivity index (χ0) is 12.6. The Bertz CT molecular complexity index is 490. The number of carbonyl (C=O) groups is 2. The number of carbonyl (C=O) groups excluding carboxylic acids is 2. The standard InChI is InChI=1S/C11H12ClN3O2/c1-6-2-9(12)14-4-8(6)15-5-7(11(13)17)3-10(15)16/h2,4,7H,3,5H2,1H3,(H2,13,17). The molecular weight excluding hydrogens is 242 g/mol. The van der Waals surface area contributed by atoms with Gasteiger partial charge in [0.25, 0.3) is 0 Å². The van der Waals surface area contributed by atoms with Crippen LogP contribution in [-0.4, -0.2) is 23.3 Å². The SMILES string of the molecule is Cc1cc(Cl)ncc1N1CC(C(N)=O)CC1=O. The van der Waals surface area contributed by atoms with Crippen molar-refractivity contribution >= 4 is 29.1 Å². The predicted molar refractivity (Wildman–Crippen MR) is 63.6 cm³/mol. The molecule has 1 aromatic heterocycles. The highest BCUT2D eigenvalue weighted by atomic mass is 35.5. The molecule has 0 spiro atoms. The molecule has 90 valence electrons. The van der Waals surface area contributed by atoms with Gasteiger partial charge in [-0.1, -0.05) is 11.6 Å². The highest BCUT2D eigenvalue weighted by Gasteiger charge is 2.34. The van der Waals surface area contributed by atoms with Crippen LogP contribution in [0.5, 0.6) is 0 Å². The van der Waals surface area contributed by atoms with Crippen LogP contribution in [0.1, 0.15) is 12.0 Å². The molecule has 2 heterocycles. The van der Waals surface area contributed by atoms with Gasteiger partial charge in [-0.15, -0.1) is 0 Å². The summed E-state index contributed by atoms with van der Waals surface area (Å²) in [6.07, 6.45) is 1.70. The van der Waals surface area contributed by atoms with Crippen LogP contribution in [0.15, 0.2) is 12.3 Å². The molecule has 1 aromatic rings. The molecule has 0 aliphatic carbocycles. The van der Waals surface area contributed by atoms with Crippen LogP contribution in [0.4, 0.5) is 5.69 Å². The average molecular weight is 254 g/mol. The van der Waals surface area contributed by atoms with Gasteiger partial charge in [-0.25, -0.2) is 4.98 Å². The number of hydrogen-bond donors (Lipinski definition) is 1. The number of nitrogens with zero attached hydrogens (tertiary/aromatic N) is 2.